The van der Waals surface area contributed by atoms with Crippen LogP contribution in [0.25, 0.3) is 0 Å². The van der Waals surface area contributed by atoms with Gasteiger partial charge in [-0.25, -0.2) is 9.59 Å². The number of hydrogen-bond acceptors (Lipinski definition) is 5. The molecule has 0 aromatic carbocycles. The van der Waals surface area contributed by atoms with E-state index >= 15 is 0 Å². The van der Waals surface area contributed by atoms with E-state index in [9.17, 15) is 9.59 Å². The van der Waals surface area contributed by atoms with Crippen molar-refractivity contribution in [2.24, 2.45) is 0 Å². The minimum Gasteiger partial charge on any atom is -0.458 e. The van der Waals surface area contributed by atoms with E-state index in [2.05, 4.69) is 0 Å². The minimum absolute atomic E-state index is 0.245. The highest BCUT2D eigenvalue weighted by molar-refractivity contribution is 5.99. The molecule has 1 unspecified atom stereocenters. The Bertz CT molecular complexity index is 500. The van der Waals surface area contributed by atoms with Crippen LogP contribution in [-0.2, 0) is 23.8 Å². The van der Waals surface area contributed by atoms with E-state index in [4.69, 9.17) is 14.2 Å². The van der Waals surface area contributed by atoms with Crippen LogP contribution in [-0.4, -0.2) is 34.8 Å². The Morgan fingerprint density at radius 2 is 1.45 bits per heavy atom. The van der Waals surface area contributed by atoms with Gasteiger partial charge in [-0.2, -0.15) is 0 Å². The Morgan fingerprint density at radius 1 is 1.00 bits per heavy atom. The number of ether oxygens (including phenoxy) is 3. The maximum absolute atomic E-state index is 12.5. The summed E-state index contributed by atoms with van der Waals surface area (Å²) in [7, 11) is 0. The lowest BCUT2D eigenvalue weighted by Crippen LogP contribution is -2.37. The first-order valence-corrected chi connectivity index (χ1v) is 7.49. The third-order valence-electron chi connectivity index (χ3n) is 3.22. The van der Waals surface area contributed by atoms with E-state index < -0.39 is 34.8 Å². The number of carbonyl (C=O) groups is 2. The molecule has 1 aliphatic rings. The molecule has 0 saturated heterocycles. The molecule has 1 heterocycles. The highest BCUT2D eigenvalue weighted by Gasteiger charge is 2.47. The fourth-order valence-corrected chi connectivity index (χ4v) is 2.08. The molecule has 0 saturated carbocycles. The Morgan fingerprint density at radius 3 is 1.86 bits per heavy atom. The van der Waals surface area contributed by atoms with Crippen LogP contribution in [0.4, 0.5) is 0 Å². The van der Waals surface area contributed by atoms with E-state index in [1.807, 2.05) is 13.8 Å². The summed E-state index contributed by atoms with van der Waals surface area (Å²) in [6.45, 7) is 16.1. The number of rotatable bonds is 2. The number of esters is 2. The smallest absolute Gasteiger partial charge is 0.340 e. The van der Waals surface area contributed by atoms with Gasteiger partial charge in [-0.1, -0.05) is 0 Å². The lowest BCUT2D eigenvalue weighted by molar-refractivity contribution is -0.172. The summed E-state index contributed by atoms with van der Waals surface area (Å²) in [5.74, 6) is -1.11. The van der Waals surface area contributed by atoms with Crippen LogP contribution in [0.15, 0.2) is 11.1 Å². The minimum atomic E-state index is -1.05. The molecule has 0 bridgehead atoms. The summed E-state index contributed by atoms with van der Waals surface area (Å²) < 4.78 is 16.5. The van der Waals surface area contributed by atoms with E-state index in [1.54, 1.807) is 48.5 Å². The molecule has 1 atom stereocenters. The summed E-state index contributed by atoms with van der Waals surface area (Å²) in [6.07, 6.45) is -1.05. The van der Waals surface area contributed by atoms with Gasteiger partial charge in [-0.3, -0.25) is 0 Å². The molecule has 1 rings (SSSR count). The predicted molar refractivity (Wildman–Crippen MR) is 83.3 cm³/mol. The second-order valence-electron chi connectivity index (χ2n) is 8.08. The highest BCUT2D eigenvalue weighted by atomic mass is 16.6. The van der Waals surface area contributed by atoms with Crippen LogP contribution in [0.3, 0.4) is 0 Å². The molecule has 126 valence electrons. The van der Waals surface area contributed by atoms with E-state index in [0.29, 0.717) is 5.57 Å². The zero-order valence-corrected chi connectivity index (χ0v) is 15.1. The van der Waals surface area contributed by atoms with Crippen molar-refractivity contribution in [3.05, 3.63) is 11.1 Å². The zero-order valence-electron chi connectivity index (χ0n) is 15.1. The predicted octanol–water partition coefficient (Wildman–Crippen LogP) is 3.16. The normalized spacial score (nSPS) is 21.8. The van der Waals surface area contributed by atoms with Crippen molar-refractivity contribution < 1.29 is 23.8 Å². The molecule has 0 aromatic rings. The van der Waals surface area contributed by atoms with Crippen molar-refractivity contribution in [3.8, 4) is 0 Å². The maximum Gasteiger partial charge on any atom is 0.340 e. The molecular formula is C17H28O5. The molecule has 0 amide bonds. The van der Waals surface area contributed by atoms with Gasteiger partial charge in [-0.05, 0) is 67.9 Å². The average molecular weight is 312 g/mol. The monoisotopic (exact) mass is 312 g/mol. The van der Waals surface area contributed by atoms with Gasteiger partial charge in [0.2, 0.25) is 0 Å². The SMILES string of the molecule is CC1=C(C(=O)OC(C)(C)C)C(C(=O)OC(C)(C)C)OC1(C)C. The Balaban J connectivity index is 3.13. The number of carbonyl (C=O) groups excluding carboxylic acids is 2. The van der Waals surface area contributed by atoms with Crippen molar-refractivity contribution in [1.82, 2.24) is 0 Å². The fraction of sp³-hybridized carbons (Fsp3) is 0.765. The van der Waals surface area contributed by atoms with Crippen molar-refractivity contribution in [3.63, 3.8) is 0 Å². The molecule has 0 radical (unpaired) electrons. The van der Waals surface area contributed by atoms with Gasteiger partial charge in [0.05, 0.1) is 11.2 Å². The molecule has 0 aliphatic carbocycles. The first-order chi connectivity index (χ1) is 9.64. The van der Waals surface area contributed by atoms with E-state index in [1.165, 1.54) is 0 Å². The van der Waals surface area contributed by atoms with E-state index in [0.717, 1.165) is 0 Å². The maximum atomic E-state index is 12.5. The summed E-state index contributed by atoms with van der Waals surface area (Å²) in [5, 5.41) is 0. The van der Waals surface area contributed by atoms with Gasteiger partial charge >= 0.3 is 11.9 Å². The van der Waals surface area contributed by atoms with Crippen LogP contribution < -0.4 is 0 Å². The van der Waals surface area contributed by atoms with Crippen molar-refractivity contribution in [2.45, 2.75) is 85.2 Å². The molecule has 1 aliphatic heterocycles. The molecule has 0 spiro atoms. The second kappa shape index (κ2) is 5.69. The Kier molecular flexibility index (Phi) is 4.83. The summed E-state index contributed by atoms with van der Waals surface area (Å²) in [4.78, 5) is 24.9. The summed E-state index contributed by atoms with van der Waals surface area (Å²) >= 11 is 0. The molecular weight excluding hydrogens is 284 g/mol. The van der Waals surface area contributed by atoms with Gasteiger partial charge in [0.1, 0.15) is 11.2 Å². The van der Waals surface area contributed by atoms with Crippen LogP contribution in [0.5, 0.6) is 0 Å². The Labute approximate surface area is 133 Å². The molecule has 5 heteroatoms. The fourth-order valence-electron chi connectivity index (χ4n) is 2.08. The lowest BCUT2D eigenvalue weighted by atomic mass is 9.96. The first-order valence-electron chi connectivity index (χ1n) is 7.49. The molecule has 5 nitrogen and oxygen atoms in total. The van der Waals surface area contributed by atoms with Crippen molar-refractivity contribution in [2.75, 3.05) is 0 Å². The molecule has 0 fully saturated rings. The van der Waals surface area contributed by atoms with Crippen LogP contribution in [0.1, 0.15) is 62.3 Å². The third kappa shape index (κ3) is 4.57. The van der Waals surface area contributed by atoms with Gasteiger partial charge in [0.15, 0.2) is 6.10 Å². The molecule has 22 heavy (non-hydrogen) atoms. The summed E-state index contributed by atoms with van der Waals surface area (Å²) in [5.41, 5.74) is -1.07. The lowest BCUT2D eigenvalue weighted by Gasteiger charge is -2.25. The van der Waals surface area contributed by atoms with E-state index in [-0.39, 0.29) is 5.57 Å². The highest BCUT2D eigenvalue weighted by Crippen LogP contribution is 2.37. The van der Waals surface area contributed by atoms with Crippen LogP contribution in [0.2, 0.25) is 0 Å². The van der Waals surface area contributed by atoms with Crippen molar-refractivity contribution >= 4 is 11.9 Å². The molecule has 0 aromatic heterocycles. The summed E-state index contributed by atoms with van der Waals surface area (Å²) in [6, 6.07) is 0. The number of hydrogen-bond donors (Lipinski definition) is 0. The third-order valence-corrected chi connectivity index (χ3v) is 3.22. The van der Waals surface area contributed by atoms with Crippen molar-refractivity contribution in [1.29, 1.82) is 0 Å². The van der Waals surface area contributed by atoms with Crippen LogP contribution >= 0.6 is 0 Å². The van der Waals surface area contributed by atoms with Crippen LogP contribution in [0, 0.1) is 0 Å². The Hall–Kier alpha value is -1.36. The standard InChI is InChI=1S/C17H28O5/c1-10-11(13(18)21-15(2,3)4)12(20-17(10,8)9)14(19)22-16(5,6)7/h12H,1-9H3. The molecule has 0 N–H and O–H groups in total. The average Bonchev–Trinajstić information content (AvgIpc) is 2.45. The van der Waals surface area contributed by atoms with Gasteiger partial charge in [0.25, 0.3) is 0 Å². The topological polar surface area (TPSA) is 61.8 Å². The first kappa shape index (κ1) is 18.7. The van der Waals surface area contributed by atoms with Gasteiger partial charge < -0.3 is 14.2 Å². The quantitative estimate of drug-likeness (QED) is 0.733. The largest absolute Gasteiger partial charge is 0.458 e. The van der Waals surface area contributed by atoms with Gasteiger partial charge in [-0.15, -0.1) is 0 Å². The zero-order chi connectivity index (χ0) is 17.5. The van der Waals surface area contributed by atoms with Gasteiger partial charge in [0, 0.05) is 0 Å². The second-order valence-corrected chi connectivity index (χ2v) is 8.08.